The van der Waals surface area contributed by atoms with Crippen LogP contribution in [0.2, 0.25) is 0 Å². The summed E-state index contributed by atoms with van der Waals surface area (Å²) < 4.78 is 0. The maximum Gasteiger partial charge on any atom is 0.273 e. The summed E-state index contributed by atoms with van der Waals surface area (Å²) in [5, 5.41) is 19.4. The quantitative estimate of drug-likeness (QED) is 0.776. The molecule has 1 aromatic heterocycles. The van der Waals surface area contributed by atoms with Crippen molar-refractivity contribution in [3.63, 3.8) is 0 Å². The summed E-state index contributed by atoms with van der Waals surface area (Å²) in [6.07, 6.45) is 1.43. The monoisotopic (exact) mass is 230 g/mol. The largest absolute Gasteiger partial charge is 0.545 e. The summed E-state index contributed by atoms with van der Waals surface area (Å²) in [5.41, 5.74) is 0.366. The van der Waals surface area contributed by atoms with Crippen molar-refractivity contribution in [2.45, 2.75) is 0 Å². The molecule has 2 aromatic rings. The Balaban J connectivity index is 2.25. The molecular weight excluding hydrogens is 222 g/mol. The molecular formula is C11H8N3O3-. The molecule has 2 N–H and O–H groups in total. The fourth-order valence-corrected chi connectivity index (χ4v) is 1.34. The van der Waals surface area contributed by atoms with E-state index in [4.69, 9.17) is 0 Å². The summed E-state index contributed by atoms with van der Waals surface area (Å²) in [6.45, 7) is 0. The molecule has 2 rings (SSSR count). The van der Waals surface area contributed by atoms with Crippen molar-refractivity contribution in [3.05, 3.63) is 47.8 Å². The molecule has 1 amide bonds. The van der Waals surface area contributed by atoms with E-state index in [9.17, 15) is 14.7 Å². The minimum atomic E-state index is -1.34. The van der Waals surface area contributed by atoms with Crippen LogP contribution in [0.15, 0.2) is 36.5 Å². The van der Waals surface area contributed by atoms with Gasteiger partial charge in [-0.2, -0.15) is 5.10 Å². The molecule has 1 heterocycles. The molecule has 0 aliphatic carbocycles. The van der Waals surface area contributed by atoms with Crippen molar-refractivity contribution >= 4 is 17.6 Å². The number of nitrogens with zero attached hydrogens (tertiary/aromatic N) is 1. The molecule has 0 bridgehead atoms. The van der Waals surface area contributed by atoms with Gasteiger partial charge in [0.15, 0.2) is 0 Å². The topological polar surface area (TPSA) is 97.9 Å². The predicted octanol–water partition coefficient (Wildman–Crippen LogP) is 0.0255. The number of carbonyl (C=O) groups is 2. The number of hydrogen-bond donors (Lipinski definition) is 2. The number of carboxylic acids is 1. The number of aromatic carboxylic acids is 1. The van der Waals surface area contributed by atoms with Crippen LogP contribution in [0.25, 0.3) is 0 Å². The Bertz CT molecular complexity index is 549. The lowest BCUT2D eigenvalue weighted by Crippen LogP contribution is -2.24. The third-order valence-corrected chi connectivity index (χ3v) is 2.14. The first-order chi connectivity index (χ1) is 8.18. The maximum absolute atomic E-state index is 11.7. The highest BCUT2D eigenvalue weighted by Gasteiger charge is 2.09. The smallest absolute Gasteiger partial charge is 0.273 e. The number of anilines is 1. The van der Waals surface area contributed by atoms with Crippen molar-refractivity contribution in [3.8, 4) is 0 Å². The third-order valence-electron chi connectivity index (χ3n) is 2.14. The molecule has 0 spiro atoms. The third kappa shape index (κ3) is 2.31. The van der Waals surface area contributed by atoms with Crippen LogP contribution in [0.3, 0.4) is 0 Å². The molecule has 0 saturated heterocycles. The molecule has 0 aliphatic rings. The van der Waals surface area contributed by atoms with E-state index in [-0.39, 0.29) is 16.9 Å². The highest BCUT2D eigenvalue weighted by molar-refractivity contribution is 6.06. The van der Waals surface area contributed by atoms with Gasteiger partial charge in [0.05, 0.1) is 11.7 Å². The van der Waals surface area contributed by atoms with Gasteiger partial charge in [0.1, 0.15) is 5.69 Å². The molecule has 0 radical (unpaired) electrons. The van der Waals surface area contributed by atoms with Gasteiger partial charge in [-0.1, -0.05) is 18.2 Å². The minimum absolute atomic E-state index is 0.0691. The van der Waals surface area contributed by atoms with Crippen LogP contribution in [0, 0.1) is 0 Å². The van der Waals surface area contributed by atoms with E-state index >= 15 is 0 Å². The number of carboxylic acid groups (broad SMARTS) is 1. The van der Waals surface area contributed by atoms with E-state index < -0.39 is 11.9 Å². The van der Waals surface area contributed by atoms with Crippen molar-refractivity contribution in [1.29, 1.82) is 0 Å². The van der Waals surface area contributed by atoms with E-state index in [0.717, 1.165) is 0 Å². The fourth-order valence-electron chi connectivity index (χ4n) is 1.34. The number of H-pyrrole nitrogens is 1. The Morgan fingerprint density at radius 2 is 2.00 bits per heavy atom. The van der Waals surface area contributed by atoms with Crippen molar-refractivity contribution in [1.82, 2.24) is 10.2 Å². The summed E-state index contributed by atoms with van der Waals surface area (Å²) >= 11 is 0. The van der Waals surface area contributed by atoms with E-state index in [1.165, 1.54) is 24.4 Å². The number of para-hydroxylation sites is 1. The Labute approximate surface area is 96.3 Å². The van der Waals surface area contributed by atoms with E-state index in [0.29, 0.717) is 0 Å². The van der Waals surface area contributed by atoms with E-state index in [2.05, 4.69) is 15.5 Å². The first kappa shape index (κ1) is 10.9. The number of hydrogen-bond acceptors (Lipinski definition) is 4. The van der Waals surface area contributed by atoms with E-state index in [1.807, 2.05) is 0 Å². The zero-order valence-corrected chi connectivity index (χ0v) is 8.64. The average molecular weight is 230 g/mol. The second kappa shape index (κ2) is 4.48. The lowest BCUT2D eigenvalue weighted by atomic mass is 10.2. The highest BCUT2D eigenvalue weighted by Crippen LogP contribution is 2.14. The second-order valence-corrected chi connectivity index (χ2v) is 3.26. The van der Waals surface area contributed by atoms with Crippen molar-refractivity contribution in [2.24, 2.45) is 0 Å². The number of rotatable bonds is 3. The average Bonchev–Trinajstić information content (AvgIpc) is 2.83. The van der Waals surface area contributed by atoms with Gasteiger partial charge in [0.2, 0.25) is 0 Å². The van der Waals surface area contributed by atoms with Gasteiger partial charge in [-0.05, 0) is 12.1 Å². The van der Waals surface area contributed by atoms with Crippen LogP contribution in [-0.4, -0.2) is 22.1 Å². The van der Waals surface area contributed by atoms with Gasteiger partial charge in [0, 0.05) is 11.8 Å². The second-order valence-electron chi connectivity index (χ2n) is 3.26. The van der Waals surface area contributed by atoms with Gasteiger partial charge in [-0.3, -0.25) is 9.89 Å². The molecule has 0 unspecified atom stereocenters. The fraction of sp³-hybridized carbons (Fsp3) is 0. The zero-order chi connectivity index (χ0) is 12.3. The Morgan fingerprint density at radius 3 is 2.65 bits per heavy atom. The maximum atomic E-state index is 11.7. The number of aromatic nitrogens is 2. The van der Waals surface area contributed by atoms with Gasteiger partial charge in [-0.15, -0.1) is 0 Å². The van der Waals surface area contributed by atoms with Gasteiger partial charge >= 0.3 is 0 Å². The first-order valence-corrected chi connectivity index (χ1v) is 4.79. The van der Waals surface area contributed by atoms with Crippen LogP contribution >= 0.6 is 0 Å². The SMILES string of the molecule is O=C(Nc1ccccc1C(=O)[O-])c1ccn[nH]1. The first-order valence-electron chi connectivity index (χ1n) is 4.79. The molecule has 0 fully saturated rings. The highest BCUT2D eigenvalue weighted by atomic mass is 16.4. The molecule has 0 aliphatic heterocycles. The number of nitrogens with one attached hydrogen (secondary N) is 2. The lowest BCUT2D eigenvalue weighted by molar-refractivity contribution is -0.254. The summed E-state index contributed by atoms with van der Waals surface area (Å²) in [6, 6.07) is 7.50. The van der Waals surface area contributed by atoms with Crippen LogP contribution in [-0.2, 0) is 0 Å². The van der Waals surface area contributed by atoms with Crippen LogP contribution in [0.1, 0.15) is 20.8 Å². The number of benzene rings is 1. The summed E-state index contributed by atoms with van der Waals surface area (Å²) in [7, 11) is 0. The summed E-state index contributed by atoms with van der Waals surface area (Å²) in [5.74, 6) is -1.80. The number of amides is 1. The standard InChI is InChI=1S/C11H9N3O3/c15-10(9-5-6-12-14-9)13-8-4-2-1-3-7(8)11(16)17/h1-6H,(H,12,14)(H,13,15)(H,16,17)/p-1. The van der Waals surface area contributed by atoms with Gasteiger partial charge in [-0.25, -0.2) is 0 Å². The Kier molecular flexibility index (Phi) is 2.87. The van der Waals surface area contributed by atoms with Gasteiger partial charge < -0.3 is 15.2 Å². The van der Waals surface area contributed by atoms with Crippen molar-refractivity contribution < 1.29 is 14.7 Å². The molecule has 6 nitrogen and oxygen atoms in total. The van der Waals surface area contributed by atoms with E-state index in [1.54, 1.807) is 12.1 Å². The Morgan fingerprint density at radius 1 is 1.24 bits per heavy atom. The molecule has 6 heteroatoms. The van der Waals surface area contributed by atoms with Crippen LogP contribution in [0.5, 0.6) is 0 Å². The van der Waals surface area contributed by atoms with Crippen molar-refractivity contribution in [2.75, 3.05) is 5.32 Å². The molecule has 0 saturated carbocycles. The predicted molar refractivity (Wildman–Crippen MR) is 57.3 cm³/mol. The number of aromatic amines is 1. The van der Waals surface area contributed by atoms with Crippen LogP contribution < -0.4 is 10.4 Å². The minimum Gasteiger partial charge on any atom is -0.545 e. The molecule has 1 aromatic carbocycles. The summed E-state index contributed by atoms with van der Waals surface area (Å²) in [4.78, 5) is 22.5. The van der Waals surface area contributed by atoms with Gasteiger partial charge in [0.25, 0.3) is 5.91 Å². The molecule has 0 atom stereocenters. The Hall–Kier alpha value is -2.63. The van der Waals surface area contributed by atoms with Crippen LogP contribution in [0.4, 0.5) is 5.69 Å². The number of carbonyl (C=O) groups excluding carboxylic acids is 2. The zero-order valence-electron chi connectivity index (χ0n) is 8.64. The molecule has 17 heavy (non-hydrogen) atoms. The normalized spacial score (nSPS) is 9.88. The molecule has 86 valence electrons. The lowest BCUT2D eigenvalue weighted by Gasteiger charge is -2.10.